The molecule has 0 saturated heterocycles. The number of alkyl halides is 1. The van der Waals surface area contributed by atoms with E-state index in [1.807, 2.05) is 12.1 Å². The average Bonchev–Trinajstić information content (AvgIpc) is 2.53. The smallest absolute Gasteiger partial charge is 0.0774 e. The standard InChI is InChI=1S/C9H9ClOS/c10-6-2-1-3-8-4-5-9(7-11)12-8/h4-5,11H,2,6-7H2. The minimum absolute atomic E-state index is 0.0991. The molecule has 0 amide bonds. The Morgan fingerprint density at radius 3 is 2.92 bits per heavy atom. The van der Waals surface area contributed by atoms with E-state index in [1.54, 1.807) is 0 Å². The maximum absolute atomic E-state index is 8.76. The van der Waals surface area contributed by atoms with Crippen molar-refractivity contribution in [3.8, 4) is 11.8 Å². The monoisotopic (exact) mass is 200 g/mol. The van der Waals surface area contributed by atoms with E-state index in [4.69, 9.17) is 16.7 Å². The summed E-state index contributed by atoms with van der Waals surface area (Å²) in [6.45, 7) is 0.0991. The summed E-state index contributed by atoms with van der Waals surface area (Å²) < 4.78 is 0. The zero-order valence-electron chi connectivity index (χ0n) is 6.51. The van der Waals surface area contributed by atoms with Gasteiger partial charge in [0.2, 0.25) is 0 Å². The van der Waals surface area contributed by atoms with Gasteiger partial charge >= 0.3 is 0 Å². The summed E-state index contributed by atoms with van der Waals surface area (Å²) in [6.07, 6.45) is 0.716. The SMILES string of the molecule is OCc1ccc(C#CCCCl)s1. The van der Waals surface area contributed by atoms with Crippen LogP contribution in [0.1, 0.15) is 16.2 Å². The van der Waals surface area contributed by atoms with Gasteiger partial charge in [-0.3, -0.25) is 0 Å². The molecule has 1 aromatic heterocycles. The average molecular weight is 201 g/mol. The van der Waals surface area contributed by atoms with Gasteiger partial charge in [0.25, 0.3) is 0 Å². The predicted molar refractivity (Wildman–Crippen MR) is 52.5 cm³/mol. The molecule has 0 saturated carbocycles. The molecule has 0 unspecified atom stereocenters. The molecule has 3 heteroatoms. The minimum Gasteiger partial charge on any atom is -0.391 e. The Hall–Kier alpha value is -0.490. The first-order valence-corrected chi connectivity index (χ1v) is 4.96. The van der Waals surface area contributed by atoms with Gasteiger partial charge < -0.3 is 5.11 Å². The van der Waals surface area contributed by atoms with Crippen LogP contribution >= 0.6 is 22.9 Å². The van der Waals surface area contributed by atoms with Crippen LogP contribution in [0.4, 0.5) is 0 Å². The lowest BCUT2D eigenvalue weighted by molar-refractivity contribution is 0.285. The molecule has 12 heavy (non-hydrogen) atoms. The van der Waals surface area contributed by atoms with Crippen LogP contribution < -0.4 is 0 Å². The van der Waals surface area contributed by atoms with Crippen LogP contribution in [0.3, 0.4) is 0 Å². The van der Waals surface area contributed by atoms with Crippen LogP contribution in [0.25, 0.3) is 0 Å². The lowest BCUT2D eigenvalue weighted by Crippen LogP contribution is -1.70. The summed E-state index contributed by atoms with van der Waals surface area (Å²) in [5, 5.41) is 8.76. The maximum Gasteiger partial charge on any atom is 0.0774 e. The van der Waals surface area contributed by atoms with Crippen molar-refractivity contribution in [2.45, 2.75) is 13.0 Å². The Kier molecular flexibility index (Phi) is 4.16. The summed E-state index contributed by atoms with van der Waals surface area (Å²) in [5.41, 5.74) is 0. The Morgan fingerprint density at radius 1 is 1.50 bits per heavy atom. The van der Waals surface area contributed by atoms with Crippen molar-refractivity contribution in [2.24, 2.45) is 0 Å². The lowest BCUT2D eigenvalue weighted by Gasteiger charge is -1.81. The number of aliphatic hydroxyl groups excluding tert-OH is 1. The number of hydrogen-bond acceptors (Lipinski definition) is 2. The van der Waals surface area contributed by atoms with Crippen LogP contribution in [0.15, 0.2) is 12.1 Å². The van der Waals surface area contributed by atoms with Crippen LogP contribution in [0.5, 0.6) is 0 Å². The first kappa shape index (κ1) is 9.60. The summed E-state index contributed by atoms with van der Waals surface area (Å²) in [7, 11) is 0. The Bertz CT molecular complexity index is 295. The first-order chi connectivity index (χ1) is 5.86. The van der Waals surface area contributed by atoms with Crippen molar-refractivity contribution in [2.75, 3.05) is 5.88 Å². The molecule has 0 radical (unpaired) electrons. The van der Waals surface area contributed by atoms with Gasteiger partial charge in [0, 0.05) is 17.2 Å². The topological polar surface area (TPSA) is 20.2 Å². The normalized spacial score (nSPS) is 9.17. The molecule has 0 spiro atoms. The fourth-order valence-electron chi connectivity index (χ4n) is 0.727. The molecule has 0 bridgehead atoms. The fourth-order valence-corrected chi connectivity index (χ4v) is 1.56. The molecule has 0 fully saturated rings. The van der Waals surface area contributed by atoms with Gasteiger partial charge in [-0.15, -0.1) is 22.9 Å². The quantitative estimate of drug-likeness (QED) is 0.574. The van der Waals surface area contributed by atoms with Gasteiger partial charge in [-0.1, -0.05) is 11.8 Å². The minimum atomic E-state index is 0.0991. The molecule has 64 valence electrons. The van der Waals surface area contributed by atoms with E-state index < -0.39 is 0 Å². The molecule has 1 aromatic rings. The van der Waals surface area contributed by atoms with Crippen LogP contribution in [0, 0.1) is 11.8 Å². The third-order valence-corrected chi connectivity index (χ3v) is 2.42. The molecule has 1 nitrogen and oxygen atoms in total. The number of hydrogen-bond donors (Lipinski definition) is 1. The van der Waals surface area contributed by atoms with Crippen molar-refractivity contribution >= 4 is 22.9 Å². The molecule has 1 heterocycles. The molecular weight excluding hydrogens is 192 g/mol. The van der Waals surface area contributed by atoms with E-state index in [1.165, 1.54) is 11.3 Å². The Labute approximate surface area is 81.0 Å². The zero-order valence-corrected chi connectivity index (χ0v) is 8.08. The number of aliphatic hydroxyl groups is 1. The van der Waals surface area contributed by atoms with E-state index in [9.17, 15) is 0 Å². The van der Waals surface area contributed by atoms with Crippen molar-refractivity contribution in [1.82, 2.24) is 0 Å². The lowest BCUT2D eigenvalue weighted by atomic mass is 10.4. The van der Waals surface area contributed by atoms with Crippen molar-refractivity contribution < 1.29 is 5.11 Å². The second-order valence-corrected chi connectivity index (χ2v) is 3.71. The molecule has 1 N–H and O–H groups in total. The number of halogens is 1. The first-order valence-electron chi connectivity index (χ1n) is 3.61. The van der Waals surface area contributed by atoms with Crippen molar-refractivity contribution in [3.05, 3.63) is 21.9 Å². The highest BCUT2D eigenvalue weighted by Crippen LogP contribution is 2.14. The van der Waals surface area contributed by atoms with E-state index in [-0.39, 0.29) is 6.61 Å². The molecule has 0 atom stereocenters. The van der Waals surface area contributed by atoms with E-state index >= 15 is 0 Å². The third-order valence-electron chi connectivity index (χ3n) is 1.25. The van der Waals surface area contributed by atoms with Gasteiger partial charge in [0.05, 0.1) is 11.5 Å². The van der Waals surface area contributed by atoms with Gasteiger partial charge in [-0.25, -0.2) is 0 Å². The Balaban J connectivity index is 2.59. The van der Waals surface area contributed by atoms with Crippen molar-refractivity contribution in [3.63, 3.8) is 0 Å². The number of thiophene rings is 1. The van der Waals surface area contributed by atoms with Gasteiger partial charge in [0.1, 0.15) is 0 Å². The van der Waals surface area contributed by atoms with Gasteiger partial charge in [-0.05, 0) is 12.1 Å². The van der Waals surface area contributed by atoms with E-state index in [0.717, 1.165) is 9.75 Å². The molecule has 0 aliphatic carbocycles. The highest BCUT2D eigenvalue weighted by atomic mass is 35.5. The summed E-state index contributed by atoms with van der Waals surface area (Å²) in [5.74, 6) is 6.48. The second kappa shape index (κ2) is 5.21. The fraction of sp³-hybridized carbons (Fsp3) is 0.333. The number of rotatable bonds is 2. The van der Waals surface area contributed by atoms with E-state index in [0.29, 0.717) is 12.3 Å². The summed E-state index contributed by atoms with van der Waals surface area (Å²) >= 11 is 6.98. The van der Waals surface area contributed by atoms with Crippen LogP contribution in [-0.4, -0.2) is 11.0 Å². The van der Waals surface area contributed by atoms with Crippen LogP contribution in [0.2, 0.25) is 0 Å². The van der Waals surface area contributed by atoms with Crippen molar-refractivity contribution in [1.29, 1.82) is 0 Å². The third kappa shape index (κ3) is 2.86. The highest BCUT2D eigenvalue weighted by Gasteiger charge is 1.93. The summed E-state index contributed by atoms with van der Waals surface area (Å²) in [6, 6.07) is 3.80. The summed E-state index contributed by atoms with van der Waals surface area (Å²) in [4.78, 5) is 1.94. The Morgan fingerprint density at radius 2 is 2.33 bits per heavy atom. The van der Waals surface area contributed by atoms with Gasteiger partial charge in [0.15, 0.2) is 0 Å². The predicted octanol–water partition coefficient (Wildman–Crippen LogP) is 2.22. The molecule has 0 aliphatic rings. The molecule has 1 rings (SSSR count). The molecule has 0 aromatic carbocycles. The van der Waals surface area contributed by atoms with E-state index in [2.05, 4.69) is 11.8 Å². The maximum atomic E-state index is 8.76. The molecule has 0 aliphatic heterocycles. The van der Waals surface area contributed by atoms with Gasteiger partial charge in [-0.2, -0.15) is 0 Å². The zero-order chi connectivity index (χ0) is 8.81. The molecular formula is C9H9ClOS. The largest absolute Gasteiger partial charge is 0.391 e. The van der Waals surface area contributed by atoms with Crippen LogP contribution in [-0.2, 0) is 6.61 Å². The second-order valence-electron chi connectivity index (χ2n) is 2.16. The highest BCUT2D eigenvalue weighted by molar-refractivity contribution is 7.12.